The van der Waals surface area contributed by atoms with Gasteiger partial charge < -0.3 is 44.6 Å². The molecule has 3 fully saturated rings. The topological polar surface area (TPSA) is 235 Å². The number of aliphatic hydroxyl groups excluding tert-OH is 1. The number of β-amino-alcohol motifs (C(OH)–C–C–N with tert-alkyl or cyclic N) is 1. The number of anilines is 2. The van der Waals surface area contributed by atoms with E-state index in [0.717, 1.165) is 101 Å². The number of aliphatic hydroxyl groups is 1. The molecule has 0 bridgehead atoms. The maximum absolute atomic E-state index is 14.2. The molecule has 9 heterocycles. The van der Waals surface area contributed by atoms with Gasteiger partial charge in [-0.2, -0.15) is 0 Å². The van der Waals surface area contributed by atoms with E-state index >= 15 is 0 Å². The van der Waals surface area contributed by atoms with Crippen molar-refractivity contribution in [1.82, 2.24) is 55.3 Å². The molecule has 0 radical (unpaired) electrons. The number of likely N-dealkylation sites (tertiary alicyclic amines) is 3. The molecule has 3 saturated heterocycles. The number of nitrogens with zero attached hydrogens (tertiary/aromatic N) is 10. The fourth-order valence-corrected chi connectivity index (χ4v) is 12.5. The van der Waals surface area contributed by atoms with Crippen LogP contribution in [0.25, 0.3) is 32.7 Å². The molecular formula is C55H63N13O6S. The van der Waals surface area contributed by atoms with Gasteiger partial charge in [-0.1, -0.05) is 55.4 Å². The van der Waals surface area contributed by atoms with Crippen LogP contribution in [0.4, 0.5) is 16.6 Å². The van der Waals surface area contributed by atoms with Crippen molar-refractivity contribution in [3.05, 3.63) is 112 Å². The Bertz CT molecular complexity index is 3180. The van der Waals surface area contributed by atoms with Gasteiger partial charge in [0.05, 0.1) is 33.9 Å². The highest BCUT2D eigenvalue weighted by Gasteiger charge is 2.43. The number of aromatic nitrogens is 7. The molecule has 4 aliphatic heterocycles. The number of piperidine rings is 2. The molecule has 20 heteroatoms. The van der Waals surface area contributed by atoms with E-state index in [9.17, 15) is 24.6 Å². The number of hydrogen-bond acceptors (Lipinski definition) is 15. The number of para-hydroxylation sites is 1. The number of phenolic OH excluding ortho intramolecular Hbond substituents is 1. The number of hydrogen-bond donors (Lipinski definition) is 5. The van der Waals surface area contributed by atoms with Gasteiger partial charge in [-0.15, -0.1) is 21.5 Å². The molecule has 7 aromatic rings. The molecule has 0 spiro atoms. The van der Waals surface area contributed by atoms with E-state index in [1.807, 2.05) is 81.1 Å². The number of benzene rings is 2. The number of carbonyl (C=O) groups is 3. The van der Waals surface area contributed by atoms with Gasteiger partial charge in [0.25, 0.3) is 0 Å². The molecule has 0 saturated carbocycles. The fraction of sp³-hybridized carbons (Fsp3) is 0.436. The van der Waals surface area contributed by atoms with Gasteiger partial charge in [0.1, 0.15) is 17.7 Å². The molecule has 75 heavy (non-hydrogen) atoms. The molecule has 5 N–H and O–H groups in total. The zero-order valence-electron chi connectivity index (χ0n) is 42.6. The van der Waals surface area contributed by atoms with Crippen LogP contribution in [0.5, 0.6) is 5.75 Å². The summed E-state index contributed by atoms with van der Waals surface area (Å²) in [5.41, 5.74) is 10.2. The summed E-state index contributed by atoms with van der Waals surface area (Å²) in [5, 5.41) is 41.1. The minimum Gasteiger partial charge on any atom is -0.507 e. The molecular weight excluding hydrogens is 971 g/mol. The Kier molecular flexibility index (Phi) is 14.1. The van der Waals surface area contributed by atoms with Gasteiger partial charge in [0, 0.05) is 92.3 Å². The normalized spacial score (nSPS) is 20.2. The molecule has 4 amide bonds. The number of urea groups is 1. The van der Waals surface area contributed by atoms with E-state index in [1.165, 1.54) is 4.90 Å². The molecule has 4 aliphatic rings. The zero-order valence-corrected chi connectivity index (χ0v) is 43.5. The smallest absolute Gasteiger partial charge is 0.323 e. The number of H-pyrrole nitrogens is 1. The maximum Gasteiger partial charge on any atom is 0.323 e. The lowest BCUT2D eigenvalue weighted by Gasteiger charge is -2.41. The van der Waals surface area contributed by atoms with Crippen molar-refractivity contribution in [2.75, 3.05) is 49.5 Å². The number of aromatic hydroxyl groups is 1. The first-order valence-electron chi connectivity index (χ1n) is 26.1. The van der Waals surface area contributed by atoms with E-state index in [-0.39, 0.29) is 66.6 Å². The van der Waals surface area contributed by atoms with Gasteiger partial charge >= 0.3 is 6.03 Å². The third kappa shape index (κ3) is 10.2. The largest absolute Gasteiger partial charge is 0.507 e. The average Bonchev–Trinajstić information content (AvgIpc) is 4.25. The zero-order chi connectivity index (χ0) is 51.9. The van der Waals surface area contributed by atoms with Crippen LogP contribution in [0, 0.1) is 12.8 Å². The van der Waals surface area contributed by atoms with Crippen molar-refractivity contribution in [3.63, 3.8) is 0 Å². The summed E-state index contributed by atoms with van der Waals surface area (Å²) in [5.74, 6) is 0.0325. The maximum atomic E-state index is 14.2. The molecule has 390 valence electrons. The number of carbonyl (C=O) groups excluding carboxylic acids is 3. The third-order valence-electron chi connectivity index (χ3n) is 15.8. The Hall–Kier alpha value is -7.29. The van der Waals surface area contributed by atoms with Crippen molar-refractivity contribution >= 4 is 52.0 Å². The number of nitrogens with one attached hydrogen (secondary N) is 3. The summed E-state index contributed by atoms with van der Waals surface area (Å²) in [6.45, 7) is 12.1. The second-order valence-electron chi connectivity index (χ2n) is 20.8. The van der Waals surface area contributed by atoms with Crippen molar-refractivity contribution in [3.8, 4) is 27.4 Å². The fourth-order valence-electron chi connectivity index (χ4n) is 11.7. The molecule has 11 rings (SSSR count). The van der Waals surface area contributed by atoms with E-state index in [1.54, 1.807) is 34.4 Å². The number of aromatic amines is 1. The number of amides is 4. The lowest BCUT2D eigenvalue weighted by molar-refractivity contribution is -0.141. The van der Waals surface area contributed by atoms with E-state index in [4.69, 9.17) is 14.5 Å². The number of aryl methyl sites for hydroxylation is 1. The van der Waals surface area contributed by atoms with Gasteiger partial charge in [0.15, 0.2) is 17.2 Å². The lowest BCUT2D eigenvalue weighted by atomic mass is 9.89. The highest BCUT2D eigenvalue weighted by atomic mass is 32.1. The van der Waals surface area contributed by atoms with Crippen LogP contribution < -0.4 is 15.5 Å². The highest BCUT2D eigenvalue weighted by Crippen LogP contribution is 2.40. The lowest BCUT2D eigenvalue weighted by Crippen LogP contribution is -2.49. The van der Waals surface area contributed by atoms with E-state index < -0.39 is 18.1 Å². The molecule has 4 atom stereocenters. The van der Waals surface area contributed by atoms with Crippen LogP contribution in [-0.2, 0) is 22.6 Å². The number of thiazole rings is 1. The van der Waals surface area contributed by atoms with Crippen molar-refractivity contribution in [2.45, 2.75) is 109 Å². The first-order chi connectivity index (χ1) is 36.4. The standard InChI is InChI=1S/C55H63N13O6S/c1-31(2)48(53(72)68-29-39(69)23-44(68)52(71)56-26-34-9-11-36(12-10-34)50-32(3)59-30-75-50)46-25-47(64-74-46)61-55(73)66-20-15-38(16-21-66)65-18-13-35(14-19-65)37-27-57-54(58-28-37)67-22-17-42-49(33(67)4)41-24-43(62-63-51(41)60-42)40-7-5-6-8-45(40)70/h5-12,24-25,27-28,30-31,33,35,38-39,44,48,69-70H,13-23,26,29H2,1-4H3,(H,56,71)(H,60,63)(H,61,64,73)/t33-,39-,44+,48-/m1/s1. The molecule has 2 aromatic carbocycles. The SMILES string of the molecule is Cc1ncsc1-c1ccc(CNC(=O)[C@@H]2C[C@@H](O)CN2C(=O)[C@@H](c2cc(NC(=O)N3CCC(N4CCC(c5cnc(N6CCc7[nH]c8nnc(-c9ccccc9O)cc8c7[C@H]6C)nc5)CC4)CC3)no2)C(C)C)cc1. The molecule has 19 nitrogen and oxygen atoms in total. The average molecular weight is 1030 g/mol. The summed E-state index contributed by atoms with van der Waals surface area (Å²) >= 11 is 1.58. The van der Waals surface area contributed by atoms with E-state index in [0.29, 0.717) is 42.3 Å². The summed E-state index contributed by atoms with van der Waals surface area (Å²) in [7, 11) is 0. The molecule has 0 aliphatic carbocycles. The first-order valence-corrected chi connectivity index (χ1v) is 27.0. The Morgan fingerprint density at radius 3 is 2.41 bits per heavy atom. The highest BCUT2D eigenvalue weighted by molar-refractivity contribution is 7.13. The summed E-state index contributed by atoms with van der Waals surface area (Å²) in [6, 6.07) is 18.0. The number of fused-ring (bicyclic) bond motifs is 3. The summed E-state index contributed by atoms with van der Waals surface area (Å²) in [6.07, 6.45) is 7.80. The summed E-state index contributed by atoms with van der Waals surface area (Å²) < 4.78 is 5.72. The summed E-state index contributed by atoms with van der Waals surface area (Å²) in [4.78, 5) is 68.2. The Balaban J connectivity index is 0.644. The Labute approximate surface area is 438 Å². The first kappa shape index (κ1) is 49.9. The van der Waals surface area contributed by atoms with E-state index in [2.05, 4.69) is 52.7 Å². The van der Waals surface area contributed by atoms with Crippen LogP contribution in [0.3, 0.4) is 0 Å². The minimum absolute atomic E-state index is 0.000745. The minimum atomic E-state index is -0.852. The number of phenols is 1. The monoisotopic (exact) mass is 1030 g/mol. The third-order valence-corrected chi connectivity index (χ3v) is 16.8. The van der Waals surface area contributed by atoms with Crippen LogP contribution in [0.15, 0.2) is 83.1 Å². The van der Waals surface area contributed by atoms with Gasteiger partial charge in [-0.3, -0.25) is 14.9 Å². The predicted octanol–water partition coefficient (Wildman–Crippen LogP) is 7.56. The van der Waals surface area contributed by atoms with Crippen molar-refractivity contribution in [1.29, 1.82) is 0 Å². The molecule has 5 aromatic heterocycles. The number of rotatable bonds is 12. The second-order valence-corrected chi connectivity index (χ2v) is 21.7. The van der Waals surface area contributed by atoms with Crippen molar-refractivity contribution in [2.24, 2.45) is 5.92 Å². The second kappa shape index (κ2) is 21.1. The van der Waals surface area contributed by atoms with Crippen LogP contribution in [0.1, 0.15) is 105 Å². The Morgan fingerprint density at radius 1 is 0.933 bits per heavy atom. The predicted molar refractivity (Wildman–Crippen MR) is 284 cm³/mol. The van der Waals surface area contributed by atoms with Gasteiger partial charge in [-0.05, 0) is 99.3 Å². The van der Waals surface area contributed by atoms with Crippen molar-refractivity contribution < 1.29 is 29.1 Å². The molecule has 0 unspecified atom stereocenters. The Morgan fingerprint density at radius 2 is 1.69 bits per heavy atom. The van der Waals surface area contributed by atoms with Crippen LogP contribution in [-0.4, -0.2) is 136 Å². The van der Waals surface area contributed by atoms with Gasteiger partial charge in [-0.25, -0.2) is 19.7 Å². The van der Waals surface area contributed by atoms with Crippen LogP contribution in [0.2, 0.25) is 0 Å². The van der Waals surface area contributed by atoms with Crippen LogP contribution >= 0.6 is 11.3 Å². The van der Waals surface area contributed by atoms with Gasteiger partial charge in [0.2, 0.25) is 17.8 Å². The quantitative estimate of drug-likeness (QED) is 0.0795.